The highest BCUT2D eigenvalue weighted by molar-refractivity contribution is 7.61. The molecule has 2 saturated heterocycles. The minimum atomic E-state index is -6.09. The van der Waals surface area contributed by atoms with Crippen molar-refractivity contribution in [1.29, 1.82) is 0 Å². The van der Waals surface area contributed by atoms with E-state index in [1.165, 1.54) is 0 Å². The Kier molecular flexibility index (Phi) is 13.9. The van der Waals surface area contributed by atoms with Crippen molar-refractivity contribution in [3.05, 3.63) is 12.7 Å². The molecule has 56 heavy (non-hydrogen) atoms. The first-order chi connectivity index (χ1) is 25.9. The number of ether oxygens (including phenoxy) is 7. The summed E-state index contributed by atoms with van der Waals surface area (Å²) >= 11 is 0. The standard InChI is InChI=1S/C27H36FN5O21P2/c1-10(34)45-6-15(47-11(2)35)18-19(48-12(3)36)20(49-13(4)37)21(50-14(5)38)26(51-18)53-56(43,44)54-55(41,42)46-7-27(28)22(40)17(39)25(52-27)33-9-32-16-23(29)30-8-31-24(16)33/h8-9,15,17-22,25-26,39-40H,6-7H2,1-5H3,(H,41,42)(H,43,44)(H2,29,30,31)/t15-,17?,18?,19-,20?,21?,22?,25-,26+,27-/m1/s1. The van der Waals surface area contributed by atoms with Gasteiger partial charge in [-0.15, -0.1) is 0 Å². The van der Waals surface area contributed by atoms with Crippen LogP contribution >= 0.6 is 15.6 Å². The number of hydrogen-bond acceptors (Lipinski definition) is 23. The number of nitrogens with zero attached hydrogens (tertiary/aromatic N) is 4. The second kappa shape index (κ2) is 17.5. The highest BCUT2D eigenvalue weighted by atomic mass is 31.3. The zero-order chi connectivity index (χ0) is 41.9. The van der Waals surface area contributed by atoms with E-state index in [2.05, 4.69) is 23.8 Å². The summed E-state index contributed by atoms with van der Waals surface area (Å²) in [6.45, 7) is 1.83. The molecule has 0 radical (unpaired) electrons. The van der Waals surface area contributed by atoms with Crippen molar-refractivity contribution in [2.45, 2.75) is 95.7 Å². The number of imidazole rings is 1. The topological polar surface area (TPSA) is 362 Å². The highest BCUT2D eigenvalue weighted by Crippen LogP contribution is 2.62. The van der Waals surface area contributed by atoms with Gasteiger partial charge < -0.3 is 58.9 Å². The third kappa shape index (κ3) is 10.8. The predicted molar refractivity (Wildman–Crippen MR) is 171 cm³/mol. The maximum Gasteiger partial charge on any atom is 0.483 e. The van der Waals surface area contributed by atoms with Crippen LogP contribution in [-0.4, -0.2) is 137 Å². The van der Waals surface area contributed by atoms with Crippen molar-refractivity contribution in [2.24, 2.45) is 0 Å². The lowest BCUT2D eigenvalue weighted by Gasteiger charge is -2.45. The number of fused-ring (bicyclic) bond motifs is 1. The Labute approximate surface area is 313 Å². The van der Waals surface area contributed by atoms with Gasteiger partial charge in [-0.1, -0.05) is 0 Å². The molecule has 0 aliphatic carbocycles. The van der Waals surface area contributed by atoms with Crippen molar-refractivity contribution in [3.8, 4) is 0 Å². The summed E-state index contributed by atoms with van der Waals surface area (Å²) in [4.78, 5) is 92.6. The Balaban J connectivity index is 1.59. The van der Waals surface area contributed by atoms with E-state index >= 15 is 4.39 Å². The van der Waals surface area contributed by atoms with E-state index in [1.54, 1.807) is 0 Å². The SMILES string of the molecule is CC(=O)OC[C@@H](OC(C)=O)C1O[C@@H](OP(=O)(O)OP(=O)(O)OC[C@@]2(F)O[C@@H](n3cnc4c(N)ncnc43)C(O)C2O)C(OC(C)=O)C(OC(C)=O)[C@@H]1OC(C)=O. The zero-order valence-electron chi connectivity index (χ0n) is 29.6. The lowest BCUT2D eigenvalue weighted by atomic mass is 9.94. The molecule has 4 rings (SSSR count). The molecule has 0 aromatic carbocycles. The number of nitrogen functional groups attached to an aromatic ring is 1. The lowest BCUT2D eigenvalue weighted by molar-refractivity contribution is -0.301. The predicted octanol–water partition coefficient (Wildman–Crippen LogP) is -1.41. The Hall–Kier alpha value is -4.27. The number of halogens is 1. The Morgan fingerprint density at radius 2 is 1.52 bits per heavy atom. The molecule has 0 spiro atoms. The number of anilines is 1. The number of nitrogens with two attached hydrogens (primary N) is 1. The van der Waals surface area contributed by atoms with E-state index in [-0.39, 0.29) is 17.0 Å². The average molecular weight is 848 g/mol. The van der Waals surface area contributed by atoms with E-state index in [4.69, 9.17) is 43.4 Å². The summed E-state index contributed by atoms with van der Waals surface area (Å²) in [6.07, 6.45) is -16.7. The van der Waals surface area contributed by atoms with E-state index < -0.39 is 120 Å². The highest BCUT2D eigenvalue weighted by Gasteiger charge is 2.59. The van der Waals surface area contributed by atoms with Crippen molar-refractivity contribution in [1.82, 2.24) is 19.5 Å². The van der Waals surface area contributed by atoms with Gasteiger partial charge in [-0.25, -0.2) is 28.5 Å². The molecular formula is C27H36FN5O21P2. The fourth-order valence-electron chi connectivity index (χ4n) is 5.42. The van der Waals surface area contributed by atoms with Crippen LogP contribution in [0.15, 0.2) is 12.7 Å². The van der Waals surface area contributed by atoms with Crippen LogP contribution in [0.2, 0.25) is 0 Å². The van der Waals surface area contributed by atoms with Gasteiger partial charge in [0.25, 0.3) is 5.85 Å². The van der Waals surface area contributed by atoms with Crippen LogP contribution in [0.1, 0.15) is 40.8 Å². The minimum Gasteiger partial charge on any atom is -0.462 e. The maximum atomic E-state index is 15.9. The third-order valence-corrected chi connectivity index (χ3v) is 10.1. The fraction of sp³-hybridized carbons (Fsp3) is 0.630. The minimum absolute atomic E-state index is 0.00827. The molecule has 2 aliphatic rings. The van der Waals surface area contributed by atoms with Gasteiger partial charge in [0, 0.05) is 34.6 Å². The molecule has 2 aromatic heterocycles. The van der Waals surface area contributed by atoms with E-state index in [0.29, 0.717) is 0 Å². The second-order valence-electron chi connectivity index (χ2n) is 11.9. The average Bonchev–Trinajstić information content (AvgIpc) is 3.59. The summed E-state index contributed by atoms with van der Waals surface area (Å²) in [5.74, 6) is -8.97. The number of aromatic nitrogens is 4. The third-order valence-electron chi connectivity index (χ3n) is 7.47. The number of aliphatic hydroxyl groups is 2. The van der Waals surface area contributed by atoms with E-state index in [1.807, 2.05) is 0 Å². The van der Waals surface area contributed by atoms with Gasteiger partial charge >= 0.3 is 45.5 Å². The molecule has 4 heterocycles. The molecule has 6 N–H and O–H groups in total. The number of carbonyl (C=O) groups is 5. The molecule has 7 unspecified atom stereocenters. The molecule has 29 heteroatoms. The van der Waals surface area contributed by atoms with Crippen LogP contribution in [0.3, 0.4) is 0 Å². The Morgan fingerprint density at radius 3 is 2.11 bits per heavy atom. The summed E-state index contributed by atoms with van der Waals surface area (Å²) in [6, 6.07) is 0. The van der Waals surface area contributed by atoms with E-state index in [0.717, 1.165) is 51.8 Å². The zero-order valence-corrected chi connectivity index (χ0v) is 31.4. The summed E-state index contributed by atoms with van der Waals surface area (Å²) in [5, 5.41) is 21.0. The van der Waals surface area contributed by atoms with Gasteiger partial charge in [0.05, 0.1) is 6.33 Å². The van der Waals surface area contributed by atoms with Crippen molar-refractivity contribution in [3.63, 3.8) is 0 Å². The maximum absolute atomic E-state index is 15.9. The van der Waals surface area contributed by atoms with Crippen LogP contribution in [0.5, 0.6) is 0 Å². The van der Waals surface area contributed by atoms with Crippen LogP contribution in [0.4, 0.5) is 10.2 Å². The number of phosphoric ester groups is 2. The van der Waals surface area contributed by atoms with Gasteiger partial charge in [-0.05, 0) is 0 Å². The number of aliphatic hydroxyl groups excluding tert-OH is 2. The molecular weight excluding hydrogens is 811 g/mol. The monoisotopic (exact) mass is 847 g/mol. The van der Waals surface area contributed by atoms with Gasteiger partial charge in [0.2, 0.25) is 6.29 Å². The van der Waals surface area contributed by atoms with Gasteiger partial charge in [-0.2, -0.15) is 4.31 Å². The van der Waals surface area contributed by atoms with Gasteiger partial charge in [0.15, 0.2) is 42.1 Å². The molecule has 312 valence electrons. The Bertz CT molecular complexity index is 1920. The second-order valence-corrected chi connectivity index (χ2v) is 14.8. The van der Waals surface area contributed by atoms with Crippen LogP contribution in [0.25, 0.3) is 11.2 Å². The number of carbonyl (C=O) groups excluding carboxylic acids is 5. The summed E-state index contributed by atoms with van der Waals surface area (Å²) in [5.41, 5.74) is 5.66. The molecule has 0 saturated carbocycles. The summed E-state index contributed by atoms with van der Waals surface area (Å²) < 4.78 is 92.9. The number of alkyl halides is 1. The molecule has 2 fully saturated rings. The van der Waals surface area contributed by atoms with E-state index in [9.17, 15) is 53.1 Å². The number of hydrogen-bond donors (Lipinski definition) is 5. The Morgan fingerprint density at radius 1 is 0.911 bits per heavy atom. The van der Waals surface area contributed by atoms with Crippen LogP contribution < -0.4 is 5.73 Å². The van der Waals surface area contributed by atoms with Gasteiger partial charge in [0.1, 0.15) is 43.4 Å². The first kappa shape index (κ1) is 44.4. The first-order valence-electron chi connectivity index (χ1n) is 15.8. The van der Waals surface area contributed by atoms with Crippen molar-refractivity contribution < 1.29 is 104 Å². The quantitative estimate of drug-likeness (QED) is 0.0781. The van der Waals surface area contributed by atoms with Crippen LogP contribution in [-0.2, 0) is 79.6 Å². The molecule has 12 atom stereocenters. The smallest absolute Gasteiger partial charge is 0.462 e. The molecule has 0 amide bonds. The molecule has 2 aromatic rings. The normalized spacial score (nSPS) is 30.3. The van der Waals surface area contributed by atoms with Gasteiger partial charge in [-0.3, -0.25) is 37.6 Å². The molecule has 26 nitrogen and oxygen atoms in total. The fourth-order valence-corrected chi connectivity index (χ4v) is 7.58. The van der Waals surface area contributed by atoms with Crippen molar-refractivity contribution in [2.75, 3.05) is 18.9 Å². The lowest BCUT2D eigenvalue weighted by Crippen LogP contribution is -2.65. The number of esters is 5. The van der Waals surface area contributed by atoms with Crippen molar-refractivity contribution >= 4 is 62.5 Å². The molecule has 2 aliphatic heterocycles. The first-order valence-corrected chi connectivity index (χ1v) is 18.8. The summed E-state index contributed by atoms with van der Waals surface area (Å²) in [7, 11) is -12.1. The number of phosphoric acid groups is 2. The number of rotatable bonds is 15. The largest absolute Gasteiger partial charge is 0.483 e. The molecule has 0 bridgehead atoms. The van der Waals surface area contributed by atoms with Crippen LogP contribution in [0, 0.1) is 0 Å².